The average Bonchev–Trinajstić information content (AvgIpc) is 2.89. The summed E-state index contributed by atoms with van der Waals surface area (Å²) in [6, 6.07) is 5.84. The number of piperazine rings is 1. The predicted octanol–water partition coefficient (Wildman–Crippen LogP) is 1.22. The number of nitrogens with zero attached hydrogens (tertiary/aromatic N) is 4. The minimum absolute atomic E-state index is 0.0652. The van der Waals surface area contributed by atoms with Crippen LogP contribution in [0.25, 0.3) is 0 Å². The fourth-order valence-electron chi connectivity index (χ4n) is 2.56. The molecule has 1 aromatic carbocycles. The van der Waals surface area contributed by atoms with Gasteiger partial charge in [-0.3, -0.25) is 9.69 Å². The van der Waals surface area contributed by atoms with Crippen LogP contribution < -0.4 is 5.32 Å². The van der Waals surface area contributed by atoms with E-state index in [0.29, 0.717) is 26.2 Å². The molecule has 1 N–H and O–H groups in total. The van der Waals surface area contributed by atoms with E-state index in [4.69, 9.17) is 11.6 Å². The number of halogens is 1. The van der Waals surface area contributed by atoms with Crippen molar-refractivity contribution in [2.45, 2.75) is 20.0 Å². The largest absolute Gasteiger partial charge is 0.354 e. The van der Waals surface area contributed by atoms with Crippen LogP contribution in [0.15, 0.2) is 24.4 Å². The molecular weight excluding hydrogens is 302 g/mol. The number of hydrogen-bond acceptors (Lipinski definition) is 4. The lowest BCUT2D eigenvalue weighted by molar-refractivity contribution is -0.124. The van der Waals surface area contributed by atoms with E-state index < -0.39 is 0 Å². The molecule has 0 saturated carbocycles. The predicted molar refractivity (Wildman–Crippen MR) is 83.6 cm³/mol. The highest BCUT2D eigenvalue weighted by atomic mass is 35.5. The molecule has 2 heterocycles. The summed E-state index contributed by atoms with van der Waals surface area (Å²) in [5.74, 6) is 0.0652. The van der Waals surface area contributed by atoms with Crippen LogP contribution in [0.5, 0.6) is 0 Å². The van der Waals surface area contributed by atoms with Gasteiger partial charge in [0, 0.05) is 24.7 Å². The molecule has 0 spiro atoms. The maximum atomic E-state index is 11.4. The minimum Gasteiger partial charge on any atom is -0.354 e. The molecule has 1 aliphatic heterocycles. The molecule has 2 aromatic rings. The molecule has 22 heavy (non-hydrogen) atoms. The van der Waals surface area contributed by atoms with Crippen LogP contribution in [0.2, 0.25) is 5.02 Å². The second-order valence-corrected chi connectivity index (χ2v) is 5.98. The van der Waals surface area contributed by atoms with Crippen molar-refractivity contribution in [2.24, 2.45) is 0 Å². The van der Waals surface area contributed by atoms with Gasteiger partial charge in [-0.1, -0.05) is 22.9 Å². The topological polar surface area (TPSA) is 63.0 Å². The zero-order valence-electron chi connectivity index (χ0n) is 12.4. The van der Waals surface area contributed by atoms with Gasteiger partial charge in [0.2, 0.25) is 5.91 Å². The van der Waals surface area contributed by atoms with Crippen molar-refractivity contribution in [2.75, 3.05) is 19.6 Å². The zero-order valence-corrected chi connectivity index (χ0v) is 13.2. The molecule has 0 aliphatic carbocycles. The van der Waals surface area contributed by atoms with E-state index in [9.17, 15) is 4.79 Å². The van der Waals surface area contributed by atoms with Gasteiger partial charge in [-0.25, -0.2) is 4.68 Å². The fraction of sp³-hybridized carbons (Fsp3) is 0.400. The Labute approximate surface area is 134 Å². The average molecular weight is 320 g/mol. The number of rotatable bonds is 4. The molecular formula is C15H18ClN5O. The normalized spacial score (nSPS) is 15.8. The van der Waals surface area contributed by atoms with E-state index in [0.717, 1.165) is 22.8 Å². The van der Waals surface area contributed by atoms with E-state index >= 15 is 0 Å². The first kappa shape index (κ1) is 15.0. The number of benzene rings is 1. The molecule has 0 atom stereocenters. The maximum Gasteiger partial charge on any atom is 0.234 e. The van der Waals surface area contributed by atoms with Crippen molar-refractivity contribution in [3.63, 3.8) is 0 Å². The lowest BCUT2D eigenvalue weighted by atomic mass is 10.1. The summed E-state index contributed by atoms with van der Waals surface area (Å²) >= 11 is 5.97. The van der Waals surface area contributed by atoms with Crippen LogP contribution in [0, 0.1) is 6.92 Å². The van der Waals surface area contributed by atoms with Crippen molar-refractivity contribution in [3.8, 4) is 0 Å². The summed E-state index contributed by atoms with van der Waals surface area (Å²) in [7, 11) is 0. The third-order valence-electron chi connectivity index (χ3n) is 3.73. The van der Waals surface area contributed by atoms with Gasteiger partial charge in [0.05, 0.1) is 25.0 Å². The van der Waals surface area contributed by atoms with E-state index in [1.165, 1.54) is 5.56 Å². The quantitative estimate of drug-likeness (QED) is 0.920. The number of nitrogens with one attached hydrogen (secondary N) is 1. The van der Waals surface area contributed by atoms with Gasteiger partial charge < -0.3 is 5.32 Å². The molecule has 1 aromatic heterocycles. The molecule has 1 amide bonds. The summed E-state index contributed by atoms with van der Waals surface area (Å²) in [5, 5.41) is 11.9. The van der Waals surface area contributed by atoms with E-state index in [1.807, 2.05) is 36.0 Å². The Morgan fingerprint density at radius 3 is 3.00 bits per heavy atom. The minimum atomic E-state index is 0.0652. The van der Waals surface area contributed by atoms with Crippen LogP contribution in [0.3, 0.4) is 0 Å². The summed E-state index contributed by atoms with van der Waals surface area (Å²) in [6.07, 6.45) is 1.93. The number of aryl methyl sites for hydroxylation is 1. The summed E-state index contributed by atoms with van der Waals surface area (Å²) < 4.78 is 1.82. The van der Waals surface area contributed by atoms with E-state index in [-0.39, 0.29) is 5.91 Å². The van der Waals surface area contributed by atoms with Crippen molar-refractivity contribution in [1.82, 2.24) is 25.2 Å². The summed E-state index contributed by atoms with van der Waals surface area (Å²) in [4.78, 5) is 13.4. The van der Waals surface area contributed by atoms with Gasteiger partial charge in [-0.05, 0) is 30.2 Å². The van der Waals surface area contributed by atoms with Crippen LogP contribution in [-0.4, -0.2) is 45.4 Å². The summed E-state index contributed by atoms with van der Waals surface area (Å²) in [5.41, 5.74) is 3.18. The van der Waals surface area contributed by atoms with Crippen molar-refractivity contribution >= 4 is 17.5 Å². The number of carbonyl (C=O) groups excluding carboxylic acids is 1. The molecule has 0 radical (unpaired) electrons. The fourth-order valence-corrected chi connectivity index (χ4v) is 2.78. The smallest absolute Gasteiger partial charge is 0.234 e. The SMILES string of the molecule is Cc1cc(Cl)ccc1Cn1cc(CN2CCNC(=O)C2)nn1. The number of aromatic nitrogens is 3. The van der Waals surface area contributed by atoms with Crippen LogP contribution in [0.1, 0.15) is 16.8 Å². The van der Waals surface area contributed by atoms with Gasteiger partial charge >= 0.3 is 0 Å². The summed E-state index contributed by atoms with van der Waals surface area (Å²) in [6.45, 7) is 5.30. The Morgan fingerprint density at radius 1 is 1.36 bits per heavy atom. The van der Waals surface area contributed by atoms with E-state index in [2.05, 4.69) is 20.5 Å². The first-order chi connectivity index (χ1) is 10.6. The Morgan fingerprint density at radius 2 is 2.23 bits per heavy atom. The monoisotopic (exact) mass is 319 g/mol. The lowest BCUT2D eigenvalue weighted by Crippen LogP contribution is -2.47. The van der Waals surface area contributed by atoms with Gasteiger partial charge in [0.15, 0.2) is 0 Å². The molecule has 7 heteroatoms. The molecule has 0 bridgehead atoms. The highest BCUT2D eigenvalue weighted by Gasteiger charge is 2.17. The first-order valence-corrected chi connectivity index (χ1v) is 7.61. The maximum absolute atomic E-state index is 11.4. The second kappa shape index (κ2) is 6.46. The van der Waals surface area contributed by atoms with Crippen LogP contribution in [0.4, 0.5) is 0 Å². The molecule has 6 nitrogen and oxygen atoms in total. The third kappa shape index (κ3) is 3.64. The standard InChI is InChI=1S/C15H18ClN5O/c1-11-6-13(16)3-2-12(11)7-21-9-14(18-19-21)8-20-5-4-17-15(22)10-20/h2-3,6,9H,4-5,7-8,10H2,1H3,(H,17,22). The Balaban J connectivity index is 1.64. The van der Waals surface area contributed by atoms with Gasteiger partial charge in [-0.15, -0.1) is 5.10 Å². The molecule has 0 unspecified atom stereocenters. The highest BCUT2D eigenvalue weighted by Crippen LogP contribution is 2.16. The van der Waals surface area contributed by atoms with E-state index in [1.54, 1.807) is 0 Å². The van der Waals surface area contributed by atoms with Gasteiger partial charge in [0.25, 0.3) is 0 Å². The number of amides is 1. The van der Waals surface area contributed by atoms with Crippen LogP contribution in [-0.2, 0) is 17.9 Å². The second-order valence-electron chi connectivity index (χ2n) is 5.54. The Hall–Kier alpha value is -1.92. The molecule has 3 rings (SSSR count). The lowest BCUT2D eigenvalue weighted by Gasteiger charge is -2.25. The molecule has 1 aliphatic rings. The highest BCUT2D eigenvalue weighted by molar-refractivity contribution is 6.30. The molecule has 1 fully saturated rings. The zero-order chi connectivity index (χ0) is 15.5. The molecule has 1 saturated heterocycles. The third-order valence-corrected chi connectivity index (χ3v) is 3.96. The van der Waals surface area contributed by atoms with Crippen molar-refractivity contribution in [1.29, 1.82) is 0 Å². The van der Waals surface area contributed by atoms with Gasteiger partial charge in [-0.2, -0.15) is 0 Å². The Kier molecular flexibility index (Phi) is 4.40. The van der Waals surface area contributed by atoms with Gasteiger partial charge in [0.1, 0.15) is 0 Å². The van der Waals surface area contributed by atoms with Crippen LogP contribution >= 0.6 is 11.6 Å². The Bertz CT molecular complexity index is 684. The number of hydrogen-bond donors (Lipinski definition) is 1. The van der Waals surface area contributed by atoms with Crippen molar-refractivity contribution in [3.05, 3.63) is 46.2 Å². The van der Waals surface area contributed by atoms with Crippen molar-refractivity contribution < 1.29 is 4.79 Å². The number of carbonyl (C=O) groups is 1. The molecule has 116 valence electrons. The first-order valence-electron chi connectivity index (χ1n) is 7.23.